The van der Waals surface area contributed by atoms with Crippen LogP contribution in [0.5, 0.6) is 11.5 Å². The van der Waals surface area contributed by atoms with E-state index in [0.717, 1.165) is 48.6 Å². The second kappa shape index (κ2) is 12.9. The van der Waals surface area contributed by atoms with Crippen LogP contribution in [0.15, 0.2) is 36.5 Å². The number of unbranched alkanes of at least 4 members (excludes halogenated alkanes) is 2. The fourth-order valence-electron chi connectivity index (χ4n) is 2.10. The number of pyridine rings is 1. The van der Waals surface area contributed by atoms with Crippen LogP contribution in [-0.2, 0) is 13.1 Å². The van der Waals surface area contributed by atoms with Gasteiger partial charge in [0.1, 0.15) is 0 Å². The van der Waals surface area contributed by atoms with Crippen LogP contribution in [0, 0.1) is 20.0 Å². The Hall–Kier alpha value is -0.434. The quantitative estimate of drug-likeness (QED) is 0.616. The number of fused-ring (bicyclic) bond motifs is 1. The Labute approximate surface area is 187 Å². The Balaban J connectivity index is 0.000000425. The van der Waals surface area contributed by atoms with E-state index in [0.29, 0.717) is 6.79 Å². The Kier molecular flexibility index (Phi) is 11.6. The largest absolute Gasteiger partial charge is 1.00 e. The maximum Gasteiger partial charge on any atom is 1.00 e. The third-order valence-corrected chi connectivity index (χ3v) is 3.31. The molecule has 3 rings (SSSR count). The molecule has 124 valence electrons. The van der Waals surface area contributed by atoms with Crippen LogP contribution in [0.4, 0.5) is 0 Å². The van der Waals surface area contributed by atoms with Gasteiger partial charge in [-0.15, -0.1) is 12.0 Å². The standard InChI is InChI=1S/C14H13N2O2.C5H10.K/c1-2-12(14-13(3-1)17-10-18-14)9-16-8-11-4-6-15-7-5-11;1-3-5-4-2;/h1-6,16H,8-10H2;1-5H2;/q-1;-2;+1. The maximum absolute atomic E-state index is 5.45. The van der Waals surface area contributed by atoms with Crippen molar-refractivity contribution >= 4 is 0 Å². The molecule has 0 fully saturated rings. The van der Waals surface area contributed by atoms with Crippen LogP contribution in [0.25, 0.3) is 0 Å². The molecule has 0 amide bonds. The molecule has 1 aliphatic heterocycles. The predicted molar refractivity (Wildman–Crippen MR) is 90.7 cm³/mol. The number of benzene rings is 1. The summed E-state index contributed by atoms with van der Waals surface area (Å²) in [6.45, 7) is 9.11. The van der Waals surface area contributed by atoms with E-state index in [1.165, 1.54) is 6.42 Å². The van der Waals surface area contributed by atoms with Crippen molar-refractivity contribution in [2.24, 2.45) is 0 Å². The molecule has 0 unspecified atom stereocenters. The smallest absolute Gasteiger partial charge is 0.454 e. The molecular formula is C19H23KN2O2-2. The van der Waals surface area contributed by atoms with Gasteiger partial charge in [0.15, 0.2) is 11.5 Å². The minimum absolute atomic E-state index is 0. The summed E-state index contributed by atoms with van der Waals surface area (Å²) in [5.74, 6) is 1.68. The van der Waals surface area contributed by atoms with Gasteiger partial charge < -0.3 is 33.6 Å². The van der Waals surface area contributed by atoms with Crippen molar-refractivity contribution in [2.45, 2.75) is 32.4 Å². The molecule has 0 saturated carbocycles. The van der Waals surface area contributed by atoms with Gasteiger partial charge in [-0.1, -0.05) is 24.5 Å². The molecule has 0 atom stereocenters. The number of ether oxygens (including phenoxy) is 2. The normalized spacial score (nSPS) is 11.2. The third kappa shape index (κ3) is 7.21. The molecule has 5 heteroatoms. The van der Waals surface area contributed by atoms with Gasteiger partial charge in [-0.2, -0.15) is 25.0 Å². The number of aromatic nitrogens is 1. The number of nitrogens with zero attached hydrogens (tertiary/aromatic N) is 1. The molecule has 1 aliphatic rings. The first-order valence-electron chi connectivity index (χ1n) is 7.82. The number of rotatable bonds is 6. The van der Waals surface area contributed by atoms with Gasteiger partial charge in [-0.05, 0) is 12.6 Å². The van der Waals surface area contributed by atoms with Crippen LogP contribution in [0.3, 0.4) is 0 Å². The summed E-state index contributed by atoms with van der Waals surface area (Å²) in [4.78, 5) is 3.87. The van der Waals surface area contributed by atoms with Crippen molar-refractivity contribution in [2.75, 3.05) is 6.79 Å². The number of hydrogen-bond donors (Lipinski definition) is 1. The van der Waals surface area contributed by atoms with Gasteiger partial charge >= 0.3 is 51.4 Å². The summed E-state index contributed by atoms with van der Waals surface area (Å²) in [5.41, 5.74) is 2.28. The zero-order valence-corrected chi connectivity index (χ0v) is 17.5. The number of para-hydroxylation sites is 1. The number of nitrogens with one attached hydrogen (secondary N) is 1. The third-order valence-electron chi connectivity index (χ3n) is 3.31. The second-order valence-electron chi connectivity index (χ2n) is 5.11. The van der Waals surface area contributed by atoms with Crippen LogP contribution in [0.1, 0.15) is 30.4 Å². The fraction of sp³-hybridized carbons (Fsp3) is 0.316. The predicted octanol–water partition coefficient (Wildman–Crippen LogP) is 0.729. The molecule has 1 aromatic heterocycles. The van der Waals surface area contributed by atoms with E-state index in [9.17, 15) is 0 Å². The van der Waals surface area contributed by atoms with E-state index in [2.05, 4.69) is 30.3 Å². The van der Waals surface area contributed by atoms with Crippen LogP contribution in [-0.4, -0.2) is 11.8 Å². The van der Waals surface area contributed by atoms with Crippen molar-refractivity contribution < 1.29 is 60.9 Å². The van der Waals surface area contributed by atoms with Crippen LogP contribution in [0.2, 0.25) is 0 Å². The Morgan fingerprint density at radius 3 is 2.62 bits per heavy atom. The van der Waals surface area contributed by atoms with Crippen molar-refractivity contribution in [3.05, 3.63) is 67.7 Å². The minimum Gasteiger partial charge on any atom is -0.454 e. The fourth-order valence-corrected chi connectivity index (χ4v) is 2.10. The number of hydrogen-bond acceptors (Lipinski definition) is 4. The Bertz CT molecular complexity index is 577. The molecule has 4 nitrogen and oxygen atoms in total. The molecular weight excluding hydrogens is 327 g/mol. The summed E-state index contributed by atoms with van der Waals surface area (Å²) in [7, 11) is 0. The summed E-state index contributed by atoms with van der Waals surface area (Å²) >= 11 is 0. The molecule has 0 radical (unpaired) electrons. The average molecular weight is 351 g/mol. The Morgan fingerprint density at radius 1 is 1.12 bits per heavy atom. The molecule has 2 heterocycles. The summed E-state index contributed by atoms with van der Waals surface area (Å²) in [6, 6.07) is 9.79. The topological polar surface area (TPSA) is 43.4 Å². The van der Waals surface area contributed by atoms with Gasteiger partial charge in [-0.25, -0.2) is 0 Å². The van der Waals surface area contributed by atoms with Crippen LogP contribution < -0.4 is 66.2 Å². The van der Waals surface area contributed by atoms with Gasteiger partial charge in [0.2, 0.25) is 6.79 Å². The monoisotopic (exact) mass is 350 g/mol. The molecule has 0 spiro atoms. The van der Waals surface area contributed by atoms with E-state index >= 15 is 0 Å². The maximum atomic E-state index is 5.45. The second-order valence-corrected chi connectivity index (χ2v) is 5.11. The van der Waals surface area contributed by atoms with Crippen molar-refractivity contribution in [1.82, 2.24) is 10.3 Å². The van der Waals surface area contributed by atoms with E-state index in [1.807, 2.05) is 30.3 Å². The zero-order valence-electron chi connectivity index (χ0n) is 14.4. The van der Waals surface area contributed by atoms with Gasteiger partial charge in [0.25, 0.3) is 0 Å². The summed E-state index contributed by atoms with van der Waals surface area (Å²) < 4.78 is 10.8. The molecule has 0 saturated heterocycles. The van der Waals surface area contributed by atoms with Crippen LogP contribution >= 0.6 is 0 Å². The zero-order chi connectivity index (χ0) is 16.3. The van der Waals surface area contributed by atoms with E-state index in [-0.39, 0.29) is 51.4 Å². The molecule has 1 aromatic carbocycles. The van der Waals surface area contributed by atoms with Crippen molar-refractivity contribution in [3.63, 3.8) is 0 Å². The molecule has 0 aliphatic carbocycles. The summed E-state index contributed by atoms with van der Waals surface area (Å²) in [6.07, 6.45) is 7.79. The first kappa shape index (κ1) is 21.6. The molecule has 1 N–H and O–H groups in total. The molecule has 0 bridgehead atoms. The first-order chi connectivity index (χ1) is 11.3. The van der Waals surface area contributed by atoms with E-state index < -0.39 is 0 Å². The summed E-state index contributed by atoms with van der Waals surface area (Å²) in [5, 5.41) is 3.36. The van der Waals surface area contributed by atoms with Gasteiger partial charge in [-0.3, -0.25) is 0 Å². The SMILES string of the molecule is [CH2-]CCC[CH2-].[K+].[c-]1cc(CNCc2cccc3c2OCO3)ccn1. The van der Waals surface area contributed by atoms with Crippen molar-refractivity contribution in [3.8, 4) is 11.5 Å². The molecule has 2 aromatic rings. The Morgan fingerprint density at radius 2 is 1.96 bits per heavy atom. The first-order valence-corrected chi connectivity index (χ1v) is 7.82. The van der Waals surface area contributed by atoms with Gasteiger partial charge in [0, 0.05) is 12.1 Å². The van der Waals surface area contributed by atoms with Gasteiger partial charge in [0.05, 0.1) is 0 Å². The van der Waals surface area contributed by atoms with Crippen molar-refractivity contribution in [1.29, 1.82) is 0 Å². The minimum atomic E-state index is 0. The average Bonchev–Trinajstić information content (AvgIpc) is 3.07. The van der Waals surface area contributed by atoms with E-state index in [1.54, 1.807) is 6.20 Å². The van der Waals surface area contributed by atoms with E-state index in [4.69, 9.17) is 9.47 Å². The molecule has 24 heavy (non-hydrogen) atoms.